The van der Waals surface area contributed by atoms with Crippen LogP contribution in [0.15, 0.2) is 65.6 Å². The highest BCUT2D eigenvalue weighted by atomic mass is 35.5. The molecule has 0 saturated carbocycles. The highest BCUT2D eigenvalue weighted by molar-refractivity contribution is 7.86. The third-order valence-electron chi connectivity index (χ3n) is 4.36. The smallest absolute Gasteiger partial charge is 0.332 e. The Kier molecular flexibility index (Phi) is 8.16. The first-order valence-electron chi connectivity index (χ1n) is 9.05. The van der Waals surface area contributed by atoms with Crippen LogP contribution in [-0.2, 0) is 16.8 Å². The summed E-state index contributed by atoms with van der Waals surface area (Å²) >= 11 is 0. The molecule has 3 N–H and O–H groups in total. The van der Waals surface area contributed by atoms with Crippen molar-refractivity contribution >= 4 is 39.3 Å². The Morgan fingerprint density at radius 1 is 1.03 bits per heavy atom. The van der Waals surface area contributed by atoms with Crippen molar-refractivity contribution in [3.63, 3.8) is 0 Å². The molecule has 0 saturated heterocycles. The maximum atomic E-state index is 13.0. The molecule has 3 aromatic carbocycles. The highest BCUT2D eigenvalue weighted by Crippen LogP contribution is 2.22. The zero-order valence-corrected chi connectivity index (χ0v) is 17.6. The van der Waals surface area contributed by atoms with Crippen LogP contribution in [0.2, 0.25) is 0 Å². The predicted molar refractivity (Wildman–Crippen MR) is 116 cm³/mol. The van der Waals surface area contributed by atoms with E-state index in [4.69, 9.17) is 10.5 Å². The van der Waals surface area contributed by atoms with Gasteiger partial charge in [0, 0.05) is 18.7 Å². The molecule has 0 fully saturated rings. The van der Waals surface area contributed by atoms with E-state index < -0.39 is 21.0 Å². The van der Waals surface area contributed by atoms with E-state index in [1.165, 1.54) is 12.1 Å². The monoisotopic (exact) mass is 452 g/mol. The SMILES string of the molecule is Cl.NCc1ccc2cc(OCCCNC(=O)c3cccc(S(=O)(=O)F)c3)ccc2c1. The summed E-state index contributed by atoms with van der Waals surface area (Å²) in [5.74, 6) is 0.252. The van der Waals surface area contributed by atoms with Crippen molar-refractivity contribution in [2.75, 3.05) is 13.2 Å². The second-order valence-corrected chi connectivity index (χ2v) is 7.82. The predicted octanol–water partition coefficient (Wildman–Crippen LogP) is 3.58. The summed E-state index contributed by atoms with van der Waals surface area (Å²) in [6.45, 7) is 1.22. The lowest BCUT2D eigenvalue weighted by molar-refractivity contribution is 0.0951. The normalized spacial score (nSPS) is 11.0. The number of benzene rings is 3. The largest absolute Gasteiger partial charge is 0.494 e. The lowest BCUT2D eigenvalue weighted by atomic mass is 10.1. The molecule has 0 aliphatic heterocycles. The molecule has 0 unspecified atom stereocenters. The number of hydrogen-bond donors (Lipinski definition) is 2. The third-order valence-corrected chi connectivity index (χ3v) is 5.18. The Balaban J connectivity index is 0.00000320. The molecule has 3 rings (SSSR count). The number of hydrogen-bond acceptors (Lipinski definition) is 5. The molecule has 0 atom stereocenters. The molecule has 0 heterocycles. The fourth-order valence-electron chi connectivity index (χ4n) is 2.85. The maximum Gasteiger partial charge on any atom is 0.332 e. The molecule has 0 bridgehead atoms. The minimum absolute atomic E-state index is 0. The fraction of sp³-hybridized carbons (Fsp3) is 0.190. The van der Waals surface area contributed by atoms with E-state index in [0.717, 1.165) is 34.2 Å². The fourth-order valence-corrected chi connectivity index (χ4v) is 3.35. The van der Waals surface area contributed by atoms with Gasteiger partial charge in [-0.05, 0) is 59.2 Å². The highest BCUT2D eigenvalue weighted by Gasteiger charge is 2.14. The topological polar surface area (TPSA) is 98.5 Å². The molecule has 160 valence electrons. The first-order chi connectivity index (χ1) is 13.9. The van der Waals surface area contributed by atoms with Crippen molar-refractivity contribution in [2.45, 2.75) is 17.9 Å². The van der Waals surface area contributed by atoms with Crippen LogP contribution in [0.25, 0.3) is 10.8 Å². The van der Waals surface area contributed by atoms with E-state index in [9.17, 15) is 17.1 Å². The Bertz CT molecular complexity index is 1140. The van der Waals surface area contributed by atoms with Gasteiger partial charge in [0.2, 0.25) is 0 Å². The van der Waals surface area contributed by atoms with Gasteiger partial charge in [0.15, 0.2) is 0 Å². The van der Waals surface area contributed by atoms with Gasteiger partial charge in [-0.15, -0.1) is 16.3 Å². The Hall–Kier alpha value is -2.68. The van der Waals surface area contributed by atoms with Gasteiger partial charge >= 0.3 is 10.2 Å². The molecular weight excluding hydrogens is 431 g/mol. The van der Waals surface area contributed by atoms with Crippen LogP contribution in [0.3, 0.4) is 0 Å². The molecule has 0 spiro atoms. The first kappa shape index (κ1) is 23.6. The van der Waals surface area contributed by atoms with Gasteiger partial charge in [0.1, 0.15) is 5.75 Å². The van der Waals surface area contributed by atoms with Crippen LogP contribution in [0.1, 0.15) is 22.3 Å². The number of amides is 1. The van der Waals surface area contributed by atoms with Crippen LogP contribution < -0.4 is 15.8 Å². The zero-order valence-electron chi connectivity index (χ0n) is 16.0. The van der Waals surface area contributed by atoms with Gasteiger partial charge in [0.25, 0.3) is 5.91 Å². The number of halogens is 2. The van der Waals surface area contributed by atoms with Gasteiger partial charge in [-0.25, -0.2) is 0 Å². The number of carbonyl (C=O) groups is 1. The van der Waals surface area contributed by atoms with Crippen LogP contribution in [0.5, 0.6) is 5.75 Å². The van der Waals surface area contributed by atoms with Crippen molar-refractivity contribution < 1.29 is 21.8 Å². The summed E-state index contributed by atoms with van der Waals surface area (Å²) in [5.41, 5.74) is 6.80. The molecular formula is C21H22ClFN2O4S. The number of ether oxygens (including phenoxy) is 1. The number of nitrogens with one attached hydrogen (secondary N) is 1. The molecule has 30 heavy (non-hydrogen) atoms. The van der Waals surface area contributed by atoms with Gasteiger partial charge in [-0.3, -0.25) is 4.79 Å². The molecule has 6 nitrogen and oxygen atoms in total. The summed E-state index contributed by atoms with van der Waals surface area (Å²) in [5, 5.41) is 4.80. The molecule has 0 aliphatic rings. The van der Waals surface area contributed by atoms with E-state index >= 15 is 0 Å². The minimum Gasteiger partial charge on any atom is -0.494 e. The summed E-state index contributed by atoms with van der Waals surface area (Å²) in [6, 6.07) is 16.6. The Morgan fingerprint density at radius 3 is 2.50 bits per heavy atom. The van der Waals surface area contributed by atoms with Gasteiger partial charge < -0.3 is 15.8 Å². The number of fused-ring (bicyclic) bond motifs is 1. The first-order valence-corrected chi connectivity index (χ1v) is 10.4. The molecule has 9 heteroatoms. The van der Waals surface area contributed by atoms with Crippen molar-refractivity contribution in [3.8, 4) is 5.75 Å². The van der Waals surface area contributed by atoms with Crippen molar-refractivity contribution in [2.24, 2.45) is 5.73 Å². The number of rotatable bonds is 8. The Labute approximate surface area is 180 Å². The average molecular weight is 453 g/mol. The molecule has 0 aliphatic carbocycles. The van der Waals surface area contributed by atoms with E-state index in [0.29, 0.717) is 26.1 Å². The van der Waals surface area contributed by atoms with Gasteiger partial charge in [-0.2, -0.15) is 8.42 Å². The quantitative estimate of drug-likeness (QED) is 0.402. The standard InChI is InChI=1S/C21H21FN2O4S.ClH/c22-29(26,27)20-4-1-3-18(13-20)21(25)24-9-2-10-28-19-8-7-16-11-15(14-23)5-6-17(16)12-19;/h1,3-8,11-13H,2,9-10,14,23H2,(H,24,25);1H. The average Bonchev–Trinajstić information content (AvgIpc) is 2.72. The molecule has 0 aromatic heterocycles. The minimum atomic E-state index is -4.84. The Morgan fingerprint density at radius 2 is 1.77 bits per heavy atom. The van der Waals surface area contributed by atoms with Crippen LogP contribution in [0, 0.1) is 0 Å². The summed E-state index contributed by atoms with van der Waals surface area (Å²) in [4.78, 5) is 11.5. The van der Waals surface area contributed by atoms with E-state index in [2.05, 4.69) is 5.32 Å². The lowest BCUT2D eigenvalue weighted by Gasteiger charge is -2.09. The lowest BCUT2D eigenvalue weighted by Crippen LogP contribution is -2.25. The summed E-state index contributed by atoms with van der Waals surface area (Å²) in [6.07, 6.45) is 0.553. The number of carbonyl (C=O) groups excluding carboxylic acids is 1. The van der Waals surface area contributed by atoms with Gasteiger partial charge in [-0.1, -0.05) is 24.3 Å². The van der Waals surface area contributed by atoms with Crippen molar-refractivity contribution in [1.82, 2.24) is 5.32 Å². The zero-order chi connectivity index (χ0) is 20.9. The van der Waals surface area contributed by atoms with E-state index in [1.807, 2.05) is 36.4 Å². The maximum absolute atomic E-state index is 13.0. The number of nitrogens with two attached hydrogens (primary N) is 1. The van der Waals surface area contributed by atoms with Crippen LogP contribution in [-0.4, -0.2) is 27.5 Å². The summed E-state index contributed by atoms with van der Waals surface area (Å²) in [7, 11) is -4.84. The summed E-state index contributed by atoms with van der Waals surface area (Å²) < 4.78 is 40.6. The molecule has 3 aromatic rings. The molecule has 0 radical (unpaired) electrons. The van der Waals surface area contributed by atoms with Crippen LogP contribution in [0.4, 0.5) is 3.89 Å². The second-order valence-electron chi connectivity index (χ2n) is 6.47. The van der Waals surface area contributed by atoms with Crippen molar-refractivity contribution in [1.29, 1.82) is 0 Å². The van der Waals surface area contributed by atoms with E-state index in [-0.39, 0.29) is 18.0 Å². The molecule has 1 amide bonds. The second kappa shape index (κ2) is 10.4. The van der Waals surface area contributed by atoms with E-state index in [1.54, 1.807) is 0 Å². The van der Waals surface area contributed by atoms with Crippen LogP contribution >= 0.6 is 12.4 Å². The van der Waals surface area contributed by atoms with Crippen molar-refractivity contribution in [3.05, 3.63) is 71.8 Å². The van der Waals surface area contributed by atoms with Gasteiger partial charge in [0.05, 0.1) is 11.5 Å². The third kappa shape index (κ3) is 6.16.